The van der Waals surface area contributed by atoms with Crippen LogP contribution in [0.5, 0.6) is 0 Å². The molecule has 0 heterocycles. The van der Waals surface area contributed by atoms with Crippen LogP contribution >= 0.6 is 27.5 Å². The van der Waals surface area contributed by atoms with E-state index in [1.807, 2.05) is 53.4 Å². The van der Waals surface area contributed by atoms with Crippen LogP contribution in [0.3, 0.4) is 0 Å². The zero-order valence-electron chi connectivity index (χ0n) is 14.4. The molecule has 0 aliphatic carbocycles. The second-order valence-corrected chi connectivity index (χ2v) is 7.33. The Bertz CT molecular complexity index is 996. The summed E-state index contributed by atoms with van der Waals surface area (Å²) in [5.74, 6) is -0.0168. The Labute approximate surface area is 171 Å². The topological polar surface area (TPSA) is 44.1 Å². The molecule has 0 saturated heterocycles. The molecule has 27 heavy (non-hydrogen) atoms. The number of rotatable bonds is 6. The number of halogens is 2. The van der Waals surface area contributed by atoms with E-state index in [1.54, 1.807) is 24.3 Å². The minimum Gasteiger partial charge on any atom is -0.358 e. The molecule has 3 aromatic carbocycles. The number of carbonyl (C=O) groups excluding carboxylic acids is 1. The molecule has 3 nitrogen and oxygen atoms in total. The van der Waals surface area contributed by atoms with Crippen molar-refractivity contribution in [2.24, 2.45) is 0 Å². The molecule has 0 aliphatic heterocycles. The first-order valence-electron chi connectivity index (χ1n) is 8.34. The Balaban J connectivity index is 1.93. The molecule has 3 rings (SSSR count). The van der Waals surface area contributed by atoms with Gasteiger partial charge in [-0.15, -0.1) is 0 Å². The molecule has 0 amide bonds. The molecule has 0 bridgehead atoms. The van der Waals surface area contributed by atoms with Crippen LogP contribution in [0.25, 0.3) is 0 Å². The number of benzene rings is 3. The van der Waals surface area contributed by atoms with Crippen molar-refractivity contribution < 1.29 is 4.79 Å². The van der Waals surface area contributed by atoms with Gasteiger partial charge in [-0.05, 0) is 35.9 Å². The van der Waals surface area contributed by atoms with E-state index in [2.05, 4.69) is 22.0 Å². The lowest BCUT2D eigenvalue weighted by atomic mass is 10.1. The van der Waals surface area contributed by atoms with Gasteiger partial charge in [0.15, 0.2) is 5.78 Å². The summed E-state index contributed by atoms with van der Waals surface area (Å²) in [6, 6.07) is 24.3. The molecule has 0 atom stereocenters. The number of nitrogens with zero attached hydrogens (tertiary/aromatic N) is 2. The highest BCUT2D eigenvalue weighted by Gasteiger charge is 2.17. The first-order chi connectivity index (χ1) is 13.1. The number of carbonyl (C=O) groups is 1. The smallest absolute Gasteiger partial charge is 0.182 e. The number of anilines is 1. The average molecular weight is 440 g/mol. The standard InChI is InChI=1S/C22H16BrClN2O/c23-19-11-9-16(10-12-19)22(27)15-26(21-8-4-3-7-20(21)24)14-18-6-2-1-5-17(18)13-25/h1-12H,14-15H2. The Hall–Kier alpha value is -2.61. The van der Waals surface area contributed by atoms with Gasteiger partial charge in [0.05, 0.1) is 28.9 Å². The van der Waals surface area contributed by atoms with Gasteiger partial charge < -0.3 is 4.90 Å². The van der Waals surface area contributed by atoms with Crippen molar-refractivity contribution in [1.29, 1.82) is 5.26 Å². The van der Waals surface area contributed by atoms with Crippen molar-refractivity contribution in [3.05, 3.63) is 99.0 Å². The highest BCUT2D eigenvalue weighted by atomic mass is 79.9. The van der Waals surface area contributed by atoms with Crippen LogP contribution in [0.2, 0.25) is 5.02 Å². The zero-order valence-corrected chi connectivity index (χ0v) is 16.7. The van der Waals surface area contributed by atoms with Gasteiger partial charge in [0.1, 0.15) is 0 Å². The number of para-hydroxylation sites is 1. The summed E-state index contributed by atoms with van der Waals surface area (Å²) in [5.41, 5.74) is 2.83. The van der Waals surface area contributed by atoms with Crippen LogP contribution in [0.4, 0.5) is 5.69 Å². The van der Waals surface area contributed by atoms with E-state index in [0.717, 1.165) is 15.7 Å². The molecular weight excluding hydrogens is 424 g/mol. The highest BCUT2D eigenvalue weighted by molar-refractivity contribution is 9.10. The molecule has 134 valence electrons. The first-order valence-corrected chi connectivity index (χ1v) is 9.52. The largest absolute Gasteiger partial charge is 0.358 e. The molecule has 0 unspecified atom stereocenters. The highest BCUT2D eigenvalue weighted by Crippen LogP contribution is 2.27. The molecule has 0 aromatic heterocycles. The van der Waals surface area contributed by atoms with E-state index < -0.39 is 0 Å². The quantitative estimate of drug-likeness (QED) is 0.452. The van der Waals surface area contributed by atoms with E-state index in [0.29, 0.717) is 22.7 Å². The summed E-state index contributed by atoms with van der Waals surface area (Å²) >= 11 is 9.77. The summed E-state index contributed by atoms with van der Waals surface area (Å²) in [6.45, 7) is 0.570. The molecule has 3 aromatic rings. The lowest BCUT2D eigenvalue weighted by Gasteiger charge is -2.25. The van der Waals surface area contributed by atoms with E-state index in [9.17, 15) is 10.1 Å². The second kappa shape index (κ2) is 8.85. The van der Waals surface area contributed by atoms with E-state index in [-0.39, 0.29) is 12.3 Å². The monoisotopic (exact) mass is 438 g/mol. The average Bonchev–Trinajstić information content (AvgIpc) is 2.68. The number of hydrogen-bond donors (Lipinski definition) is 0. The Morgan fingerprint density at radius 1 is 1.00 bits per heavy atom. The Morgan fingerprint density at radius 2 is 1.67 bits per heavy atom. The summed E-state index contributed by atoms with van der Waals surface area (Å²) in [6.07, 6.45) is 0. The first kappa shape index (κ1) is 19.2. The van der Waals surface area contributed by atoms with Crippen LogP contribution in [-0.2, 0) is 6.54 Å². The van der Waals surface area contributed by atoms with Gasteiger partial charge in [0, 0.05) is 16.6 Å². The van der Waals surface area contributed by atoms with Gasteiger partial charge in [-0.2, -0.15) is 5.26 Å². The second-order valence-electron chi connectivity index (χ2n) is 6.01. The van der Waals surface area contributed by atoms with Crippen LogP contribution in [0.1, 0.15) is 21.5 Å². The summed E-state index contributed by atoms with van der Waals surface area (Å²) in [7, 11) is 0. The lowest BCUT2D eigenvalue weighted by molar-refractivity contribution is 0.0998. The van der Waals surface area contributed by atoms with E-state index >= 15 is 0 Å². The van der Waals surface area contributed by atoms with Gasteiger partial charge in [-0.1, -0.05) is 70.0 Å². The van der Waals surface area contributed by atoms with Crippen molar-refractivity contribution in [3.8, 4) is 6.07 Å². The maximum absolute atomic E-state index is 12.8. The maximum Gasteiger partial charge on any atom is 0.182 e. The van der Waals surface area contributed by atoms with Crippen LogP contribution in [-0.4, -0.2) is 12.3 Å². The third-order valence-corrected chi connectivity index (χ3v) is 5.04. The SMILES string of the molecule is N#Cc1ccccc1CN(CC(=O)c1ccc(Br)cc1)c1ccccc1Cl. The van der Waals surface area contributed by atoms with Crippen molar-refractivity contribution in [2.75, 3.05) is 11.4 Å². The van der Waals surface area contributed by atoms with Gasteiger partial charge in [0.25, 0.3) is 0 Å². The third kappa shape index (κ3) is 4.77. The van der Waals surface area contributed by atoms with Gasteiger partial charge >= 0.3 is 0 Å². The predicted molar refractivity (Wildman–Crippen MR) is 112 cm³/mol. The summed E-state index contributed by atoms with van der Waals surface area (Å²) < 4.78 is 0.921. The van der Waals surface area contributed by atoms with Crippen molar-refractivity contribution in [3.63, 3.8) is 0 Å². The molecule has 0 N–H and O–H groups in total. The molecular formula is C22H16BrClN2O. The molecule has 0 radical (unpaired) electrons. The maximum atomic E-state index is 12.8. The van der Waals surface area contributed by atoms with E-state index in [1.165, 1.54) is 0 Å². The fraction of sp³-hybridized carbons (Fsp3) is 0.0909. The van der Waals surface area contributed by atoms with Crippen LogP contribution < -0.4 is 4.90 Å². The fourth-order valence-corrected chi connectivity index (χ4v) is 3.33. The van der Waals surface area contributed by atoms with Gasteiger partial charge in [-0.3, -0.25) is 4.79 Å². The van der Waals surface area contributed by atoms with Crippen molar-refractivity contribution >= 4 is 39.0 Å². The number of Topliss-reactive ketones (excluding diaryl/α,β-unsaturated/α-hetero) is 1. The molecule has 0 aliphatic rings. The van der Waals surface area contributed by atoms with Crippen molar-refractivity contribution in [2.45, 2.75) is 6.54 Å². The molecule has 5 heteroatoms. The predicted octanol–water partition coefficient (Wildman–Crippen LogP) is 5.86. The van der Waals surface area contributed by atoms with Crippen LogP contribution in [0.15, 0.2) is 77.3 Å². The lowest BCUT2D eigenvalue weighted by Crippen LogP contribution is -2.30. The normalized spacial score (nSPS) is 10.3. The molecule has 0 spiro atoms. The zero-order chi connectivity index (χ0) is 19.2. The Morgan fingerprint density at radius 3 is 2.37 bits per heavy atom. The minimum atomic E-state index is -0.0168. The Kier molecular flexibility index (Phi) is 6.28. The summed E-state index contributed by atoms with van der Waals surface area (Å²) in [5, 5.41) is 9.94. The fourth-order valence-electron chi connectivity index (χ4n) is 2.81. The van der Waals surface area contributed by atoms with Crippen molar-refractivity contribution in [1.82, 2.24) is 0 Å². The third-order valence-electron chi connectivity index (χ3n) is 4.19. The molecule has 0 fully saturated rings. The molecule has 0 saturated carbocycles. The van der Waals surface area contributed by atoms with Crippen LogP contribution in [0, 0.1) is 11.3 Å². The number of ketones is 1. The van der Waals surface area contributed by atoms with Gasteiger partial charge in [-0.25, -0.2) is 0 Å². The van der Waals surface area contributed by atoms with E-state index in [4.69, 9.17) is 11.6 Å². The van der Waals surface area contributed by atoms with Gasteiger partial charge in [0.2, 0.25) is 0 Å². The number of hydrogen-bond acceptors (Lipinski definition) is 3. The summed E-state index contributed by atoms with van der Waals surface area (Å²) in [4.78, 5) is 14.7. The number of nitriles is 1. The minimum absolute atomic E-state index is 0.0168.